The van der Waals surface area contributed by atoms with E-state index in [1.165, 1.54) is 5.01 Å². The minimum absolute atomic E-state index is 0.157. The summed E-state index contributed by atoms with van der Waals surface area (Å²) in [6.45, 7) is 7.85. The highest BCUT2D eigenvalue weighted by atomic mass is 16.6. The average molecular weight is 292 g/mol. The van der Waals surface area contributed by atoms with Gasteiger partial charge in [-0.25, -0.2) is 9.80 Å². The lowest BCUT2D eigenvalue weighted by molar-refractivity contribution is 0.0306. The number of ether oxygens (including phenoxy) is 1. The Kier molecular flexibility index (Phi) is 5.80. The molecular weight excluding hydrogens is 272 g/mol. The first-order valence-electron chi connectivity index (χ1n) is 6.58. The third-order valence-corrected chi connectivity index (χ3v) is 2.31. The van der Waals surface area contributed by atoms with E-state index in [1.54, 1.807) is 18.3 Å². The molecule has 8 heteroatoms. The number of anilines is 1. The monoisotopic (exact) mass is 292 g/mol. The van der Waals surface area contributed by atoms with Gasteiger partial charge in [0.1, 0.15) is 5.60 Å². The van der Waals surface area contributed by atoms with Crippen molar-refractivity contribution in [2.75, 3.05) is 12.0 Å². The summed E-state index contributed by atoms with van der Waals surface area (Å²) >= 11 is 0. The third kappa shape index (κ3) is 6.01. The van der Waals surface area contributed by atoms with Crippen LogP contribution in [0, 0.1) is 0 Å². The van der Waals surface area contributed by atoms with Gasteiger partial charge in [0.2, 0.25) is 0 Å². The van der Waals surface area contributed by atoms with Crippen LogP contribution < -0.4 is 5.43 Å². The minimum Gasteiger partial charge on any atom is -0.442 e. The van der Waals surface area contributed by atoms with E-state index in [0.29, 0.717) is 17.9 Å². The zero-order valence-electron chi connectivity index (χ0n) is 12.7. The molecule has 0 fully saturated rings. The number of amides is 1. The van der Waals surface area contributed by atoms with Gasteiger partial charge in [-0.15, -0.1) is 0 Å². The van der Waals surface area contributed by atoms with Crippen molar-refractivity contribution < 1.29 is 9.53 Å². The van der Waals surface area contributed by atoms with E-state index in [1.807, 2.05) is 27.7 Å². The maximum atomic E-state index is 12.0. The number of azide groups is 1. The Morgan fingerprint density at radius 2 is 2.29 bits per heavy atom. The van der Waals surface area contributed by atoms with E-state index in [4.69, 9.17) is 10.3 Å². The summed E-state index contributed by atoms with van der Waals surface area (Å²) in [4.78, 5) is 18.8. The zero-order valence-corrected chi connectivity index (χ0v) is 12.7. The quantitative estimate of drug-likeness (QED) is 0.388. The molecule has 0 saturated carbocycles. The minimum atomic E-state index is -0.558. The molecule has 1 rings (SSSR count). The number of carbonyl (C=O) groups excluding carboxylic acids is 1. The van der Waals surface area contributed by atoms with Gasteiger partial charge in [-0.1, -0.05) is 5.11 Å². The second-order valence-electron chi connectivity index (χ2n) is 5.26. The number of aromatic nitrogens is 1. The molecule has 0 spiro atoms. The maximum absolute atomic E-state index is 12.0. The predicted molar refractivity (Wildman–Crippen MR) is 79.3 cm³/mol. The second kappa shape index (κ2) is 7.35. The normalized spacial score (nSPS) is 10.5. The summed E-state index contributed by atoms with van der Waals surface area (Å²) in [6.07, 6.45) is 1.12. The van der Waals surface area contributed by atoms with Crippen LogP contribution in [-0.4, -0.2) is 28.2 Å². The van der Waals surface area contributed by atoms with Crippen LogP contribution in [0.25, 0.3) is 10.4 Å². The van der Waals surface area contributed by atoms with Crippen molar-refractivity contribution in [3.05, 3.63) is 34.5 Å². The van der Waals surface area contributed by atoms with E-state index < -0.39 is 11.7 Å². The van der Waals surface area contributed by atoms with E-state index >= 15 is 0 Å². The predicted octanol–water partition coefficient (Wildman–Crippen LogP) is 3.48. The molecule has 21 heavy (non-hydrogen) atoms. The van der Waals surface area contributed by atoms with Crippen LogP contribution in [0.3, 0.4) is 0 Å². The Morgan fingerprint density at radius 1 is 1.57 bits per heavy atom. The molecule has 0 aromatic carbocycles. The fraction of sp³-hybridized carbons (Fsp3) is 0.538. The second-order valence-corrected chi connectivity index (χ2v) is 5.26. The Labute approximate surface area is 123 Å². The SMILES string of the molecule is CCN(Nc1ccnc(CN=[N+]=[N-])c1)C(=O)OC(C)(C)C. The van der Waals surface area contributed by atoms with E-state index in [9.17, 15) is 4.79 Å². The van der Waals surface area contributed by atoms with Gasteiger partial charge >= 0.3 is 6.09 Å². The molecule has 1 aromatic heterocycles. The number of nitrogens with one attached hydrogen (secondary N) is 1. The number of nitrogens with zero attached hydrogens (tertiary/aromatic N) is 5. The molecule has 0 aliphatic carbocycles. The summed E-state index contributed by atoms with van der Waals surface area (Å²) in [6, 6.07) is 3.42. The number of hydrogen-bond acceptors (Lipinski definition) is 5. The first-order valence-corrected chi connectivity index (χ1v) is 6.58. The van der Waals surface area contributed by atoms with Crippen LogP contribution in [0.15, 0.2) is 23.4 Å². The molecule has 1 heterocycles. The molecule has 0 unspecified atom stereocenters. The van der Waals surface area contributed by atoms with Gasteiger partial charge in [0, 0.05) is 23.3 Å². The van der Waals surface area contributed by atoms with E-state index in [2.05, 4.69) is 20.4 Å². The smallest absolute Gasteiger partial charge is 0.429 e. The summed E-state index contributed by atoms with van der Waals surface area (Å²) < 4.78 is 5.30. The maximum Gasteiger partial charge on any atom is 0.429 e. The van der Waals surface area contributed by atoms with Crippen LogP contribution in [0.5, 0.6) is 0 Å². The van der Waals surface area contributed by atoms with Gasteiger partial charge < -0.3 is 4.74 Å². The highest BCUT2D eigenvalue weighted by molar-refractivity contribution is 5.70. The first-order chi connectivity index (χ1) is 9.85. The fourth-order valence-corrected chi connectivity index (χ4v) is 1.46. The molecule has 0 bridgehead atoms. The molecule has 1 aromatic rings. The lowest BCUT2D eigenvalue weighted by Crippen LogP contribution is -2.40. The standard InChI is InChI=1S/C13H20N6O2/c1-5-19(12(20)21-13(2,3)4)17-10-6-7-15-11(8-10)9-16-18-14/h6-8H,5,9H2,1-4H3,(H,15,17). The molecule has 8 nitrogen and oxygen atoms in total. The Hall–Kier alpha value is -2.47. The molecule has 0 saturated heterocycles. The van der Waals surface area contributed by atoms with Gasteiger partial charge in [-0.2, -0.15) is 0 Å². The number of carbonyl (C=O) groups is 1. The largest absolute Gasteiger partial charge is 0.442 e. The van der Waals surface area contributed by atoms with Crippen molar-refractivity contribution in [2.45, 2.75) is 39.8 Å². The van der Waals surface area contributed by atoms with Crippen molar-refractivity contribution in [2.24, 2.45) is 5.11 Å². The first kappa shape index (κ1) is 16.6. The molecular formula is C13H20N6O2. The van der Waals surface area contributed by atoms with Gasteiger partial charge in [-0.3, -0.25) is 10.4 Å². The number of hydrogen-bond donors (Lipinski definition) is 1. The summed E-state index contributed by atoms with van der Waals surface area (Å²) in [5.41, 5.74) is 12.0. The summed E-state index contributed by atoms with van der Waals surface area (Å²) in [5.74, 6) is 0. The topological polar surface area (TPSA) is 103 Å². The van der Waals surface area contributed by atoms with Gasteiger partial charge in [0.15, 0.2) is 0 Å². The van der Waals surface area contributed by atoms with Crippen LogP contribution in [0.2, 0.25) is 0 Å². The van der Waals surface area contributed by atoms with E-state index in [0.717, 1.165) is 0 Å². The van der Waals surface area contributed by atoms with E-state index in [-0.39, 0.29) is 6.54 Å². The highest BCUT2D eigenvalue weighted by Crippen LogP contribution is 2.13. The van der Waals surface area contributed by atoms with Crippen molar-refractivity contribution in [1.29, 1.82) is 0 Å². The van der Waals surface area contributed by atoms with Crippen LogP contribution in [-0.2, 0) is 11.3 Å². The third-order valence-electron chi connectivity index (χ3n) is 2.31. The van der Waals surface area contributed by atoms with Crippen molar-refractivity contribution in [1.82, 2.24) is 9.99 Å². The molecule has 1 amide bonds. The highest BCUT2D eigenvalue weighted by Gasteiger charge is 2.21. The molecule has 0 radical (unpaired) electrons. The van der Waals surface area contributed by atoms with Gasteiger partial charge in [0.25, 0.3) is 0 Å². The Morgan fingerprint density at radius 3 is 2.86 bits per heavy atom. The fourth-order valence-electron chi connectivity index (χ4n) is 1.46. The number of pyridine rings is 1. The number of hydrazine groups is 1. The summed E-state index contributed by atoms with van der Waals surface area (Å²) in [5, 5.41) is 4.81. The van der Waals surface area contributed by atoms with Crippen LogP contribution in [0.1, 0.15) is 33.4 Å². The average Bonchev–Trinajstić information content (AvgIpc) is 2.41. The Bertz CT molecular complexity index is 534. The molecule has 0 aliphatic heterocycles. The van der Waals surface area contributed by atoms with Crippen molar-refractivity contribution in [3.63, 3.8) is 0 Å². The molecule has 114 valence electrons. The van der Waals surface area contributed by atoms with Gasteiger partial charge in [-0.05, 0) is 45.4 Å². The summed E-state index contributed by atoms with van der Waals surface area (Å²) in [7, 11) is 0. The molecule has 0 aliphatic rings. The zero-order chi connectivity index (χ0) is 15.9. The Balaban J connectivity index is 2.77. The lowest BCUT2D eigenvalue weighted by Gasteiger charge is -2.27. The molecule has 1 N–H and O–H groups in total. The van der Waals surface area contributed by atoms with Crippen molar-refractivity contribution in [3.8, 4) is 0 Å². The van der Waals surface area contributed by atoms with Gasteiger partial charge in [0.05, 0.1) is 12.2 Å². The van der Waals surface area contributed by atoms with Crippen LogP contribution >= 0.6 is 0 Å². The number of rotatable bonds is 5. The molecule has 0 atom stereocenters. The lowest BCUT2D eigenvalue weighted by atomic mass is 10.2. The van der Waals surface area contributed by atoms with Crippen LogP contribution in [0.4, 0.5) is 10.5 Å². The van der Waals surface area contributed by atoms with Crippen molar-refractivity contribution >= 4 is 11.8 Å².